The molecule has 0 saturated heterocycles. The van der Waals surface area contributed by atoms with E-state index in [0.29, 0.717) is 0 Å². The minimum atomic E-state index is -0.0269. The maximum atomic E-state index is 5.53. The molecule has 0 spiro atoms. The van der Waals surface area contributed by atoms with Gasteiger partial charge in [-0.25, -0.2) is 4.98 Å². The van der Waals surface area contributed by atoms with Gasteiger partial charge in [-0.3, -0.25) is 0 Å². The molecule has 1 aromatic carbocycles. The number of nitrogens with one attached hydrogen (secondary N) is 1. The number of ether oxygens (including phenoxy) is 2. The van der Waals surface area contributed by atoms with Crippen LogP contribution in [0.1, 0.15) is 35.7 Å². The van der Waals surface area contributed by atoms with E-state index in [1.807, 2.05) is 25.1 Å². The Morgan fingerprint density at radius 1 is 1.24 bits per heavy atom. The fourth-order valence-corrected chi connectivity index (χ4v) is 2.96. The van der Waals surface area contributed by atoms with Crippen molar-refractivity contribution in [2.45, 2.75) is 26.3 Å². The zero-order valence-corrected chi connectivity index (χ0v) is 13.8. The number of thiazole rings is 1. The number of methoxy groups -OCH3 is 2. The monoisotopic (exact) mass is 306 g/mol. The van der Waals surface area contributed by atoms with Crippen LogP contribution in [0, 0.1) is 6.92 Å². The Labute approximate surface area is 130 Å². The second-order valence-electron chi connectivity index (χ2n) is 4.75. The van der Waals surface area contributed by atoms with E-state index in [1.165, 1.54) is 0 Å². The maximum Gasteiger partial charge on any atom is 0.127 e. The van der Waals surface area contributed by atoms with Gasteiger partial charge in [0.1, 0.15) is 11.5 Å². The van der Waals surface area contributed by atoms with Crippen molar-refractivity contribution in [3.05, 3.63) is 39.8 Å². The summed E-state index contributed by atoms with van der Waals surface area (Å²) in [5.74, 6) is 1.63. The topological polar surface area (TPSA) is 43.4 Å². The van der Waals surface area contributed by atoms with Crippen molar-refractivity contribution in [2.24, 2.45) is 0 Å². The summed E-state index contributed by atoms with van der Waals surface area (Å²) in [5, 5.41) is 6.70. The standard InChI is InChI=1S/C16H22N2O2S/c1-5-9-17-16(12-10-21-11(2)18-12)15-13(19-3)7-6-8-14(15)20-4/h6-8,10,16-17H,5,9H2,1-4H3. The van der Waals surface area contributed by atoms with Gasteiger partial charge in [0.05, 0.1) is 36.5 Å². The lowest BCUT2D eigenvalue weighted by atomic mass is 10.0. The van der Waals surface area contributed by atoms with E-state index < -0.39 is 0 Å². The Kier molecular flexibility index (Phi) is 5.59. The van der Waals surface area contributed by atoms with Gasteiger partial charge >= 0.3 is 0 Å². The van der Waals surface area contributed by atoms with Crippen LogP contribution < -0.4 is 14.8 Å². The van der Waals surface area contributed by atoms with Crippen molar-refractivity contribution < 1.29 is 9.47 Å². The van der Waals surface area contributed by atoms with Gasteiger partial charge in [-0.05, 0) is 32.0 Å². The molecule has 5 heteroatoms. The van der Waals surface area contributed by atoms with Crippen molar-refractivity contribution in [1.29, 1.82) is 0 Å². The van der Waals surface area contributed by atoms with Crippen LogP contribution in [0.4, 0.5) is 0 Å². The molecule has 0 aliphatic carbocycles. The summed E-state index contributed by atoms with van der Waals surface area (Å²) in [5.41, 5.74) is 2.01. The number of hydrogen-bond donors (Lipinski definition) is 1. The Bertz CT molecular complexity index is 561. The fraction of sp³-hybridized carbons (Fsp3) is 0.438. The Morgan fingerprint density at radius 2 is 1.90 bits per heavy atom. The first-order valence-electron chi connectivity index (χ1n) is 7.07. The summed E-state index contributed by atoms with van der Waals surface area (Å²) in [7, 11) is 3.36. The predicted molar refractivity (Wildman–Crippen MR) is 86.5 cm³/mol. The Morgan fingerprint density at radius 3 is 2.38 bits per heavy atom. The first kappa shape index (κ1) is 15.8. The van der Waals surface area contributed by atoms with Gasteiger partial charge in [0.15, 0.2) is 0 Å². The lowest BCUT2D eigenvalue weighted by Crippen LogP contribution is -2.24. The molecular weight excluding hydrogens is 284 g/mol. The molecule has 0 amide bonds. The van der Waals surface area contributed by atoms with Crippen LogP contribution in [0.15, 0.2) is 23.6 Å². The molecule has 0 saturated carbocycles. The van der Waals surface area contributed by atoms with E-state index in [-0.39, 0.29) is 6.04 Å². The Balaban J connectivity index is 2.50. The molecule has 2 rings (SSSR count). The average Bonchev–Trinajstić information content (AvgIpc) is 2.94. The maximum absolute atomic E-state index is 5.53. The molecule has 1 N–H and O–H groups in total. The van der Waals surface area contributed by atoms with Crippen molar-refractivity contribution >= 4 is 11.3 Å². The van der Waals surface area contributed by atoms with Crippen molar-refractivity contribution in [3.8, 4) is 11.5 Å². The van der Waals surface area contributed by atoms with Crippen LogP contribution in [0.5, 0.6) is 11.5 Å². The molecule has 21 heavy (non-hydrogen) atoms. The second-order valence-corrected chi connectivity index (χ2v) is 5.82. The highest BCUT2D eigenvalue weighted by Crippen LogP contribution is 2.37. The molecule has 1 unspecified atom stereocenters. The highest BCUT2D eigenvalue weighted by Gasteiger charge is 2.24. The molecular formula is C16H22N2O2S. The van der Waals surface area contributed by atoms with Gasteiger partial charge in [0.25, 0.3) is 0 Å². The second kappa shape index (κ2) is 7.43. The Hall–Kier alpha value is -1.59. The van der Waals surface area contributed by atoms with Crippen molar-refractivity contribution in [2.75, 3.05) is 20.8 Å². The highest BCUT2D eigenvalue weighted by atomic mass is 32.1. The zero-order valence-electron chi connectivity index (χ0n) is 13.0. The molecule has 2 aromatic rings. The van der Waals surface area contributed by atoms with Crippen molar-refractivity contribution in [1.82, 2.24) is 10.3 Å². The van der Waals surface area contributed by atoms with Gasteiger partial charge in [-0.1, -0.05) is 13.0 Å². The van der Waals surface area contributed by atoms with Gasteiger partial charge < -0.3 is 14.8 Å². The lowest BCUT2D eigenvalue weighted by molar-refractivity contribution is 0.376. The molecule has 0 fully saturated rings. The highest BCUT2D eigenvalue weighted by molar-refractivity contribution is 7.09. The molecule has 0 aliphatic heterocycles. The number of rotatable bonds is 7. The minimum absolute atomic E-state index is 0.0269. The molecule has 1 heterocycles. The third-order valence-corrected chi connectivity index (χ3v) is 4.08. The summed E-state index contributed by atoms with van der Waals surface area (Å²) in [6.07, 6.45) is 1.05. The minimum Gasteiger partial charge on any atom is -0.496 e. The lowest BCUT2D eigenvalue weighted by Gasteiger charge is -2.22. The van der Waals surface area contributed by atoms with Gasteiger partial charge in [0, 0.05) is 5.38 Å². The van der Waals surface area contributed by atoms with Crippen LogP contribution in [0.3, 0.4) is 0 Å². The third-order valence-electron chi connectivity index (χ3n) is 3.29. The first-order chi connectivity index (χ1) is 10.2. The number of aromatic nitrogens is 1. The van der Waals surface area contributed by atoms with E-state index >= 15 is 0 Å². The summed E-state index contributed by atoms with van der Waals surface area (Å²) in [6.45, 7) is 5.07. The van der Waals surface area contributed by atoms with Crippen LogP contribution in [-0.4, -0.2) is 25.7 Å². The normalized spacial score (nSPS) is 12.2. The molecule has 0 bridgehead atoms. The van der Waals surface area contributed by atoms with E-state index in [9.17, 15) is 0 Å². The number of aryl methyl sites for hydroxylation is 1. The molecule has 1 aromatic heterocycles. The fourth-order valence-electron chi connectivity index (χ4n) is 2.32. The van der Waals surface area contributed by atoms with Gasteiger partial charge in [-0.15, -0.1) is 11.3 Å². The molecule has 4 nitrogen and oxygen atoms in total. The molecule has 1 atom stereocenters. The number of hydrogen-bond acceptors (Lipinski definition) is 5. The SMILES string of the molecule is CCCNC(c1csc(C)n1)c1c(OC)cccc1OC. The quantitative estimate of drug-likeness (QED) is 0.849. The predicted octanol–water partition coefficient (Wildman–Crippen LogP) is 3.56. The van der Waals surface area contributed by atoms with Gasteiger partial charge in [0.2, 0.25) is 0 Å². The number of nitrogens with zero attached hydrogens (tertiary/aromatic N) is 1. The summed E-state index contributed by atoms with van der Waals surface area (Å²) >= 11 is 1.66. The van der Waals surface area contributed by atoms with E-state index in [1.54, 1.807) is 25.6 Å². The average molecular weight is 306 g/mol. The largest absolute Gasteiger partial charge is 0.496 e. The van der Waals surface area contributed by atoms with E-state index in [0.717, 1.165) is 40.7 Å². The van der Waals surface area contributed by atoms with Crippen LogP contribution in [0.25, 0.3) is 0 Å². The zero-order chi connectivity index (χ0) is 15.2. The van der Waals surface area contributed by atoms with E-state index in [4.69, 9.17) is 9.47 Å². The first-order valence-corrected chi connectivity index (χ1v) is 7.95. The number of benzene rings is 1. The van der Waals surface area contributed by atoms with Crippen molar-refractivity contribution in [3.63, 3.8) is 0 Å². The van der Waals surface area contributed by atoms with Crippen LogP contribution >= 0.6 is 11.3 Å². The molecule has 0 radical (unpaired) electrons. The van der Waals surface area contributed by atoms with Crippen LogP contribution in [-0.2, 0) is 0 Å². The van der Waals surface area contributed by atoms with Crippen LogP contribution in [0.2, 0.25) is 0 Å². The molecule has 0 aliphatic rings. The molecule has 114 valence electrons. The third kappa shape index (κ3) is 3.54. The summed E-state index contributed by atoms with van der Waals surface area (Å²) < 4.78 is 11.1. The summed E-state index contributed by atoms with van der Waals surface area (Å²) in [4.78, 5) is 4.64. The smallest absolute Gasteiger partial charge is 0.127 e. The summed E-state index contributed by atoms with van der Waals surface area (Å²) in [6, 6.07) is 5.82. The van der Waals surface area contributed by atoms with Gasteiger partial charge in [-0.2, -0.15) is 0 Å². The van der Waals surface area contributed by atoms with E-state index in [2.05, 4.69) is 22.6 Å².